The first-order valence-corrected chi connectivity index (χ1v) is 5.68. The van der Waals surface area contributed by atoms with Crippen LogP contribution in [-0.2, 0) is 16.1 Å². The Bertz CT molecular complexity index is 477. The minimum atomic E-state index is -0.325. The first-order valence-electron chi connectivity index (χ1n) is 5.68. The number of rotatable bonds is 5. The Morgan fingerprint density at radius 1 is 1.28 bits per heavy atom. The lowest BCUT2D eigenvalue weighted by Gasteiger charge is -2.10. The van der Waals surface area contributed by atoms with Crippen LogP contribution in [0.1, 0.15) is 25.3 Å². The maximum atomic E-state index is 11.3. The van der Waals surface area contributed by atoms with Crippen LogP contribution in [-0.4, -0.2) is 11.8 Å². The summed E-state index contributed by atoms with van der Waals surface area (Å²) in [6.07, 6.45) is 0.235. The molecule has 0 heterocycles. The van der Waals surface area contributed by atoms with E-state index in [1.807, 2.05) is 18.2 Å². The second-order valence-corrected chi connectivity index (χ2v) is 3.67. The van der Waals surface area contributed by atoms with Crippen molar-refractivity contribution in [1.82, 2.24) is 5.32 Å². The lowest BCUT2D eigenvalue weighted by molar-refractivity contribution is -0.120. The number of nitriles is 1. The van der Waals surface area contributed by atoms with Crippen LogP contribution in [0, 0.1) is 11.3 Å². The SMILES string of the molecule is CCC(=O)Nc1ccccc1CNC(=O)CC#N. The fourth-order valence-corrected chi connectivity index (χ4v) is 1.36. The summed E-state index contributed by atoms with van der Waals surface area (Å²) < 4.78 is 0. The van der Waals surface area contributed by atoms with Crippen LogP contribution in [0.3, 0.4) is 0 Å². The van der Waals surface area contributed by atoms with Gasteiger partial charge in [0.05, 0.1) is 6.07 Å². The summed E-state index contributed by atoms with van der Waals surface area (Å²) in [7, 11) is 0. The van der Waals surface area contributed by atoms with Crippen molar-refractivity contribution in [2.45, 2.75) is 26.3 Å². The molecule has 0 aliphatic carbocycles. The highest BCUT2D eigenvalue weighted by atomic mass is 16.2. The van der Waals surface area contributed by atoms with Crippen LogP contribution in [0.15, 0.2) is 24.3 Å². The van der Waals surface area contributed by atoms with Gasteiger partial charge < -0.3 is 10.6 Å². The summed E-state index contributed by atoms with van der Waals surface area (Å²) in [4.78, 5) is 22.5. The monoisotopic (exact) mass is 245 g/mol. The Morgan fingerprint density at radius 2 is 2.00 bits per heavy atom. The molecule has 0 fully saturated rings. The summed E-state index contributed by atoms with van der Waals surface area (Å²) in [5.41, 5.74) is 1.49. The molecule has 0 bridgehead atoms. The molecule has 94 valence electrons. The molecular formula is C13H15N3O2. The van der Waals surface area contributed by atoms with Gasteiger partial charge in [0.2, 0.25) is 11.8 Å². The van der Waals surface area contributed by atoms with Gasteiger partial charge in [0.15, 0.2) is 0 Å². The van der Waals surface area contributed by atoms with Gasteiger partial charge in [-0.1, -0.05) is 25.1 Å². The number of hydrogen-bond acceptors (Lipinski definition) is 3. The molecule has 0 unspecified atom stereocenters. The highest BCUT2D eigenvalue weighted by Gasteiger charge is 2.06. The number of carbonyl (C=O) groups excluding carboxylic acids is 2. The normalized spacial score (nSPS) is 9.33. The number of nitrogens with zero attached hydrogens (tertiary/aromatic N) is 1. The first-order chi connectivity index (χ1) is 8.67. The van der Waals surface area contributed by atoms with Crippen LogP contribution in [0.25, 0.3) is 0 Å². The van der Waals surface area contributed by atoms with Gasteiger partial charge in [-0.15, -0.1) is 0 Å². The molecule has 2 amide bonds. The van der Waals surface area contributed by atoms with E-state index in [0.717, 1.165) is 5.56 Å². The Labute approximate surface area is 106 Å². The molecule has 0 radical (unpaired) electrons. The number of nitrogens with one attached hydrogen (secondary N) is 2. The van der Waals surface area contributed by atoms with Crippen LogP contribution < -0.4 is 10.6 Å². The summed E-state index contributed by atoms with van der Waals surface area (Å²) in [6, 6.07) is 9.01. The molecule has 0 atom stereocenters. The molecular weight excluding hydrogens is 230 g/mol. The quantitative estimate of drug-likeness (QED) is 0.826. The van der Waals surface area contributed by atoms with Crippen molar-refractivity contribution >= 4 is 17.5 Å². The fraction of sp³-hybridized carbons (Fsp3) is 0.308. The lowest BCUT2D eigenvalue weighted by atomic mass is 10.1. The second-order valence-electron chi connectivity index (χ2n) is 3.67. The standard InChI is InChI=1S/C13H15N3O2/c1-2-12(17)16-11-6-4-3-5-10(11)9-15-13(18)7-8-14/h3-6H,2,7,9H2,1H3,(H,15,18)(H,16,17). The van der Waals surface area contributed by atoms with E-state index < -0.39 is 0 Å². The van der Waals surface area contributed by atoms with E-state index in [-0.39, 0.29) is 18.2 Å². The van der Waals surface area contributed by atoms with Gasteiger partial charge in [0.25, 0.3) is 0 Å². The maximum absolute atomic E-state index is 11.3. The smallest absolute Gasteiger partial charge is 0.234 e. The van der Waals surface area contributed by atoms with E-state index in [1.165, 1.54) is 0 Å². The molecule has 0 spiro atoms. The molecule has 0 saturated carbocycles. The van der Waals surface area contributed by atoms with Crippen LogP contribution in [0.5, 0.6) is 0 Å². The number of amides is 2. The maximum Gasteiger partial charge on any atom is 0.234 e. The Hall–Kier alpha value is -2.35. The third-order valence-corrected chi connectivity index (χ3v) is 2.33. The molecule has 1 aromatic rings. The molecule has 18 heavy (non-hydrogen) atoms. The number of para-hydroxylation sites is 1. The summed E-state index contributed by atoms with van der Waals surface area (Å²) in [5.74, 6) is -0.403. The summed E-state index contributed by atoms with van der Waals surface area (Å²) in [5, 5.41) is 13.8. The van der Waals surface area contributed by atoms with E-state index in [0.29, 0.717) is 18.7 Å². The van der Waals surface area contributed by atoms with Crippen LogP contribution >= 0.6 is 0 Å². The topological polar surface area (TPSA) is 82.0 Å². The molecule has 0 saturated heterocycles. The van der Waals surface area contributed by atoms with Crippen LogP contribution in [0.2, 0.25) is 0 Å². The summed E-state index contributed by atoms with van der Waals surface area (Å²) in [6.45, 7) is 2.06. The van der Waals surface area contributed by atoms with Gasteiger partial charge in [0.1, 0.15) is 6.42 Å². The van der Waals surface area contributed by atoms with E-state index in [9.17, 15) is 9.59 Å². The minimum Gasteiger partial charge on any atom is -0.351 e. The van der Waals surface area contributed by atoms with Gasteiger partial charge in [-0.3, -0.25) is 9.59 Å². The van der Waals surface area contributed by atoms with Crippen molar-refractivity contribution in [3.63, 3.8) is 0 Å². The van der Waals surface area contributed by atoms with Gasteiger partial charge >= 0.3 is 0 Å². The average molecular weight is 245 g/mol. The van der Waals surface area contributed by atoms with Crippen molar-refractivity contribution in [2.24, 2.45) is 0 Å². The van der Waals surface area contributed by atoms with Crippen LogP contribution in [0.4, 0.5) is 5.69 Å². The van der Waals surface area contributed by atoms with E-state index in [4.69, 9.17) is 5.26 Å². The Morgan fingerprint density at radius 3 is 2.67 bits per heavy atom. The second kappa shape index (κ2) is 7.07. The zero-order valence-electron chi connectivity index (χ0n) is 10.2. The van der Waals surface area contributed by atoms with Crippen molar-refractivity contribution in [3.05, 3.63) is 29.8 Å². The van der Waals surface area contributed by atoms with Crippen molar-refractivity contribution < 1.29 is 9.59 Å². The number of hydrogen-bond donors (Lipinski definition) is 2. The lowest BCUT2D eigenvalue weighted by Crippen LogP contribution is -2.23. The third-order valence-electron chi connectivity index (χ3n) is 2.33. The predicted molar refractivity (Wildman–Crippen MR) is 67.4 cm³/mol. The Balaban J connectivity index is 2.68. The van der Waals surface area contributed by atoms with E-state index in [2.05, 4.69) is 10.6 Å². The molecule has 0 aliphatic rings. The number of anilines is 1. The van der Waals surface area contributed by atoms with Crippen molar-refractivity contribution in [1.29, 1.82) is 5.26 Å². The summed E-state index contributed by atoms with van der Waals surface area (Å²) >= 11 is 0. The first kappa shape index (κ1) is 13.7. The molecule has 5 nitrogen and oxygen atoms in total. The van der Waals surface area contributed by atoms with Crippen molar-refractivity contribution in [2.75, 3.05) is 5.32 Å². The highest BCUT2D eigenvalue weighted by molar-refractivity contribution is 5.91. The molecule has 1 rings (SSSR count). The predicted octanol–water partition coefficient (Wildman–Crippen LogP) is 1.56. The molecule has 0 aliphatic heterocycles. The highest BCUT2D eigenvalue weighted by Crippen LogP contribution is 2.14. The average Bonchev–Trinajstić information content (AvgIpc) is 2.38. The molecule has 5 heteroatoms. The molecule has 0 aromatic heterocycles. The number of carbonyl (C=O) groups is 2. The Kier molecular flexibility index (Phi) is 5.39. The van der Waals surface area contributed by atoms with Gasteiger partial charge in [-0.2, -0.15) is 5.26 Å². The minimum absolute atomic E-state index is 0.0780. The molecule has 1 aromatic carbocycles. The van der Waals surface area contributed by atoms with Crippen molar-refractivity contribution in [3.8, 4) is 6.07 Å². The number of benzene rings is 1. The largest absolute Gasteiger partial charge is 0.351 e. The fourth-order valence-electron chi connectivity index (χ4n) is 1.36. The zero-order valence-corrected chi connectivity index (χ0v) is 10.2. The zero-order chi connectivity index (χ0) is 13.4. The van der Waals surface area contributed by atoms with Gasteiger partial charge in [0, 0.05) is 18.7 Å². The van der Waals surface area contributed by atoms with Gasteiger partial charge in [-0.05, 0) is 11.6 Å². The van der Waals surface area contributed by atoms with E-state index >= 15 is 0 Å². The van der Waals surface area contributed by atoms with E-state index in [1.54, 1.807) is 19.1 Å². The third kappa shape index (κ3) is 4.26. The molecule has 2 N–H and O–H groups in total. The van der Waals surface area contributed by atoms with Gasteiger partial charge in [-0.25, -0.2) is 0 Å².